The molecule has 0 bridgehead atoms. The maximum Gasteiger partial charge on any atom is 0.122 e. The summed E-state index contributed by atoms with van der Waals surface area (Å²) in [6.45, 7) is 4.83. The van der Waals surface area contributed by atoms with Crippen LogP contribution in [0.5, 0.6) is 0 Å². The van der Waals surface area contributed by atoms with Crippen molar-refractivity contribution in [3.05, 3.63) is 53.6 Å². The molecular formula is C18H23N5. The zero-order chi connectivity index (χ0) is 16.2. The van der Waals surface area contributed by atoms with Crippen LogP contribution in [0.25, 0.3) is 0 Å². The molecule has 0 saturated carbocycles. The second kappa shape index (κ2) is 6.95. The van der Waals surface area contributed by atoms with Crippen LogP contribution in [0.2, 0.25) is 0 Å². The maximum atomic E-state index is 9.07. The number of rotatable bonds is 4. The average Bonchev–Trinajstić information content (AvgIpc) is 2.87. The minimum atomic E-state index is 0.569. The molecule has 5 heteroatoms. The van der Waals surface area contributed by atoms with E-state index in [1.54, 1.807) is 0 Å². The number of fused-ring (bicyclic) bond motifs is 1. The van der Waals surface area contributed by atoms with E-state index in [0.29, 0.717) is 5.92 Å². The topological polar surface area (TPSA) is 48.1 Å². The van der Waals surface area contributed by atoms with Crippen molar-refractivity contribution >= 4 is 0 Å². The molecule has 0 unspecified atom stereocenters. The van der Waals surface area contributed by atoms with Gasteiger partial charge >= 0.3 is 0 Å². The molecule has 23 heavy (non-hydrogen) atoms. The lowest BCUT2D eigenvalue weighted by atomic mass is 10.1. The Hall–Kier alpha value is -2.16. The molecule has 0 saturated heterocycles. The summed E-state index contributed by atoms with van der Waals surface area (Å²) >= 11 is 0. The zero-order valence-electron chi connectivity index (χ0n) is 13.8. The lowest BCUT2D eigenvalue weighted by Gasteiger charge is -2.25. The van der Waals surface area contributed by atoms with Crippen LogP contribution in [0.3, 0.4) is 0 Å². The van der Waals surface area contributed by atoms with E-state index in [4.69, 9.17) is 5.26 Å². The third kappa shape index (κ3) is 3.98. The fourth-order valence-corrected chi connectivity index (χ4v) is 3.37. The first-order chi connectivity index (χ1) is 11.1. The van der Waals surface area contributed by atoms with Crippen LogP contribution in [-0.2, 0) is 19.6 Å². The van der Waals surface area contributed by atoms with Crippen LogP contribution < -0.4 is 0 Å². The summed E-state index contributed by atoms with van der Waals surface area (Å²) in [6, 6.07) is 10.1. The first-order valence-electron chi connectivity index (χ1n) is 8.00. The zero-order valence-corrected chi connectivity index (χ0v) is 13.8. The highest BCUT2D eigenvalue weighted by molar-refractivity contribution is 5.32. The first-order valence-corrected chi connectivity index (χ1v) is 8.00. The van der Waals surface area contributed by atoms with Crippen LogP contribution in [0.1, 0.15) is 17.0 Å². The molecule has 1 aromatic heterocycles. The van der Waals surface area contributed by atoms with Gasteiger partial charge in [0, 0.05) is 44.5 Å². The third-order valence-corrected chi connectivity index (χ3v) is 4.22. The Balaban J connectivity index is 1.78. The molecule has 5 nitrogen and oxygen atoms in total. The SMILES string of the molecule is CN(C)C[C@H]1CN(Cc2cccc(C#N)c2)Cc2nccn2C1. The monoisotopic (exact) mass is 309 g/mol. The Kier molecular flexibility index (Phi) is 4.75. The predicted octanol–water partition coefficient (Wildman–Crippen LogP) is 1.95. The summed E-state index contributed by atoms with van der Waals surface area (Å²) in [4.78, 5) is 9.20. The Morgan fingerprint density at radius 3 is 3.00 bits per heavy atom. The molecule has 0 radical (unpaired) electrons. The van der Waals surface area contributed by atoms with Crippen molar-refractivity contribution in [3.8, 4) is 6.07 Å². The van der Waals surface area contributed by atoms with Crippen molar-refractivity contribution in [3.63, 3.8) is 0 Å². The average molecular weight is 309 g/mol. The summed E-state index contributed by atoms with van der Waals surface area (Å²) in [5.74, 6) is 1.70. The minimum Gasteiger partial charge on any atom is -0.333 e. The second-order valence-electron chi connectivity index (χ2n) is 6.61. The number of benzene rings is 1. The van der Waals surface area contributed by atoms with Crippen molar-refractivity contribution in [2.45, 2.75) is 19.6 Å². The van der Waals surface area contributed by atoms with Gasteiger partial charge in [-0.15, -0.1) is 0 Å². The smallest absolute Gasteiger partial charge is 0.122 e. The molecule has 0 aliphatic carbocycles. The largest absolute Gasteiger partial charge is 0.333 e. The molecule has 0 N–H and O–H groups in total. The van der Waals surface area contributed by atoms with E-state index in [1.165, 1.54) is 5.56 Å². The minimum absolute atomic E-state index is 0.569. The molecule has 0 spiro atoms. The van der Waals surface area contributed by atoms with Gasteiger partial charge in [-0.1, -0.05) is 12.1 Å². The number of imidazole rings is 1. The third-order valence-electron chi connectivity index (χ3n) is 4.22. The van der Waals surface area contributed by atoms with Gasteiger partial charge in [-0.25, -0.2) is 4.98 Å². The van der Waals surface area contributed by atoms with E-state index in [1.807, 2.05) is 24.4 Å². The highest BCUT2D eigenvalue weighted by Gasteiger charge is 2.22. The van der Waals surface area contributed by atoms with Gasteiger partial charge in [0.05, 0.1) is 18.2 Å². The van der Waals surface area contributed by atoms with Crippen molar-refractivity contribution in [1.82, 2.24) is 19.4 Å². The molecule has 1 aliphatic heterocycles. The summed E-state index contributed by atoms with van der Waals surface area (Å²) < 4.78 is 2.28. The number of hydrogen-bond acceptors (Lipinski definition) is 4. The molecule has 0 fully saturated rings. The predicted molar refractivity (Wildman–Crippen MR) is 89.5 cm³/mol. The fraction of sp³-hybridized carbons (Fsp3) is 0.444. The number of aromatic nitrogens is 2. The van der Waals surface area contributed by atoms with Crippen molar-refractivity contribution in [2.75, 3.05) is 27.2 Å². The van der Waals surface area contributed by atoms with E-state index in [-0.39, 0.29) is 0 Å². The van der Waals surface area contributed by atoms with E-state index in [9.17, 15) is 0 Å². The normalized spacial score (nSPS) is 18.4. The van der Waals surface area contributed by atoms with Gasteiger partial charge < -0.3 is 9.47 Å². The van der Waals surface area contributed by atoms with E-state index < -0.39 is 0 Å². The molecule has 1 aliphatic rings. The molecule has 120 valence electrons. The summed E-state index contributed by atoms with van der Waals surface area (Å²) in [7, 11) is 4.25. The molecule has 0 amide bonds. The lowest BCUT2D eigenvalue weighted by molar-refractivity contribution is 0.194. The quantitative estimate of drug-likeness (QED) is 0.866. The van der Waals surface area contributed by atoms with Gasteiger partial charge in [0.1, 0.15) is 5.82 Å². The van der Waals surface area contributed by atoms with Crippen molar-refractivity contribution in [1.29, 1.82) is 5.26 Å². The van der Waals surface area contributed by atoms with Crippen LogP contribution in [0.15, 0.2) is 36.7 Å². The van der Waals surface area contributed by atoms with Crippen molar-refractivity contribution < 1.29 is 0 Å². The van der Waals surface area contributed by atoms with Gasteiger partial charge in [0.25, 0.3) is 0 Å². The summed E-state index contributed by atoms with van der Waals surface area (Å²) in [6.07, 6.45) is 3.97. The van der Waals surface area contributed by atoms with Gasteiger partial charge in [-0.2, -0.15) is 5.26 Å². The number of hydrogen-bond donors (Lipinski definition) is 0. The van der Waals surface area contributed by atoms with Crippen LogP contribution in [0.4, 0.5) is 0 Å². The van der Waals surface area contributed by atoms with E-state index in [0.717, 1.165) is 44.1 Å². The van der Waals surface area contributed by atoms with Crippen LogP contribution in [-0.4, -0.2) is 46.5 Å². The second-order valence-corrected chi connectivity index (χ2v) is 6.61. The van der Waals surface area contributed by atoms with Gasteiger partial charge in [-0.05, 0) is 31.8 Å². The summed E-state index contributed by atoms with van der Waals surface area (Å²) in [5, 5.41) is 9.07. The molecule has 1 aromatic carbocycles. The Morgan fingerprint density at radius 1 is 1.35 bits per heavy atom. The van der Waals surface area contributed by atoms with E-state index >= 15 is 0 Å². The first kappa shape index (κ1) is 15.7. The summed E-state index contributed by atoms with van der Waals surface area (Å²) in [5.41, 5.74) is 1.91. The highest BCUT2D eigenvalue weighted by atomic mass is 15.2. The molecule has 2 heterocycles. The Morgan fingerprint density at radius 2 is 2.22 bits per heavy atom. The van der Waals surface area contributed by atoms with Crippen LogP contribution in [0, 0.1) is 17.2 Å². The highest BCUT2D eigenvalue weighted by Crippen LogP contribution is 2.18. The molecule has 2 aromatic rings. The Bertz CT molecular complexity index is 697. The molecule has 3 rings (SSSR count). The fourth-order valence-electron chi connectivity index (χ4n) is 3.37. The number of nitrogens with zero attached hydrogens (tertiary/aromatic N) is 5. The van der Waals surface area contributed by atoms with E-state index in [2.05, 4.69) is 51.8 Å². The van der Waals surface area contributed by atoms with Crippen molar-refractivity contribution in [2.24, 2.45) is 5.92 Å². The molecular weight excluding hydrogens is 286 g/mol. The molecule has 1 atom stereocenters. The lowest BCUT2D eigenvalue weighted by Crippen LogP contribution is -2.33. The van der Waals surface area contributed by atoms with Gasteiger partial charge in [0.15, 0.2) is 0 Å². The van der Waals surface area contributed by atoms with Gasteiger partial charge in [-0.3, -0.25) is 4.90 Å². The van der Waals surface area contributed by atoms with Crippen LogP contribution >= 0.6 is 0 Å². The number of nitriles is 1. The Labute approximate surface area is 137 Å². The maximum absolute atomic E-state index is 9.07. The van der Waals surface area contributed by atoms with Gasteiger partial charge in [0.2, 0.25) is 0 Å². The standard InChI is InChI=1S/C18H23N5/c1-21(2)10-17-12-22(14-18-20-6-7-23(18)13-17)11-16-5-3-4-15(8-16)9-19/h3-8,17H,10-14H2,1-2H3/t17-/m0/s1.